The first-order valence-corrected chi connectivity index (χ1v) is 6.90. The Kier molecular flexibility index (Phi) is 3.40. The maximum Gasteiger partial charge on any atom is 0.0484 e. The van der Waals surface area contributed by atoms with Crippen LogP contribution < -0.4 is 5.32 Å². The zero-order chi connectivity index (χ0) is 13.2. The van der Waals surface area contributed by atoms with Gasteiger partial charge in [-0.1, -0.05) is 24.3 Å². The van der Waals surface area contributed by atoms with Crippen LogP contribution in [0.1, 0.15) is 12.0 Å². The highest BCUT2D eigenvalue weighted by Crippen LogP contribution is 2.30. The van der Waals surface area contributed by atoms with E-state index in [4.69, 9.17) is 0 Å². The average molecular weight is 255 g/mol. The highest BCUT2D eigenvalue weighted by Gasteiger charge is 2.15. The third-order valence-electron chi connectivity index (χ3n) is 3.92. The Hall–Kier alpha value is -1.58. The normalized spacial score (nSPS) is 16.8. The Bertz CT molecular complexity index is 609. The van der Waals surface area contributed by atoms with Gasteiger partial charge in [0.05, 0.1) is 0 Å². The van der Waals surface area contributed by atoms with E-state index in [9.17, 15) is 0 Å². The lowest BCUT2D eigenvalue weighted by Crippen LogP contribution is -2.35. The molecule has 0 fully saturated rings. The molecule has 0 aliphatic carbocycles. The first-order chi connectivity index (χ1) is 9.29. The maximum absolute atomic E-state index is 3.22. The summed E-state index contributed by atoms with van der Waals surface area (Å²) in [6.45, 7) is 3.15. The number of nitrogens with one attached hydrogen (secondary N) is 1. The zero-order valence-electron chi connectivity index (χ0n) is 11.7. The van der Waals surface area contributed by atoms with Gasteiger partial charge in [-0.3, -0.25) is 4.90 Å². The third kappa shape index (κ3) is 2.31. The molecule has 19 heavy (non-hydrogen) atoms. The van der Waals surface area contributed by atoms with Crippen molar-refractivity contribution < 1.29 is 0 Å². The fraction of sp³-hybridized carbons (Fsp3) is 0.375. The molecule has 0 bridgehead atoms. The Morgan fingerprint density at radius 3 is 2.84 bits per heavy atom. The number of nitrogens with zero attached hydrogens (tertiary/aromatic N) is 2. The van der Waals surface area contributed by atoms with Crippen LogP contribution in [0.4, 0.5) is 0 Å². The summed E-state index contributed by atoms with van der Waals surface area (Å²) >= 11 is 0. The minimum atomic E-state index is 0.972. The largest absolute Gasteiger partial charge is 0.350 e. The van der Waals surface area contributed by atoms with Crippen LogP contribution in [0.5, 0.6) is 0 Å². The van der Waals surface area contributed by atoms with Gasteiger partial charge < -0.3 is 9.88 Å². The van der Waals surface area contributed by atoms with E-state index in [0.717, 1.165) is 26.2 Å². The monoisotopic (exact) mass is 255 g/mol. The smallest absolute Gasteiger partial charge is 0.0484 e. The highest BCUT2D eigenvalue weighted by atomic mass is 15.2. The van der Waals surface area contributed by atoms with Crippen molar-refractivity contribution in [1.82, 2.24) is 14.8 Å². The van der Waals surface area contributed by atoms with Crippen LogP contribution in [0.2, 0.25) is 0 Å². The van der Waals surface area contributed by atoms with Crippen LogP contribution >= 0.6 is 0 Å². The van der Waals surface area contributed by atoms with Crippen LogP contribution in [0.15, 0.2) is 36.5 Å². The molecular formula is C16H21N3. The molecule has 2 aromatic rings. The Balaban J connectivity index is 1.93. The third-order valence-corrected chi connectivity index (χ3v) is 3.92. The molecule has 0 unspecified atom stereocenters. The summed E-state index contributed by atoms with van der Waals surface area (Å²) in [6, 6.07) is 8.65. The van der Waals surface area contributed by atoms with Crippen molar-refractivity contribution in [3.8, 4) is 0 Å². The second kappa shape index (κ2) is 5.19. The van der Waals surface area contributed by atoms with Crippen LogP contribution in [0.3, 0.4) is 0 Å². The van der Waals surface area contributed by atoms with Gasteiger partial charge in [-0.05, 0) is 25.1 Å². The van der Waals surface area contributed by atoms with Crippen molar-refractivity contribution in [2.45, 2.75) is 6.42 Å². The SMILES string of the molecule is CNCN1CC=C(c2cn(C)c3ccccc23)CC1. The lowest BCUT2D eigenvalue weighted by molar-refractivity contribution is 0.287. The van der Waals surface area contributed by atoms with Gasteiger partial charge in [-0.25, -0.2) is 0 Å². The lowest BCUT2D eigenvalue weighted by Gasteiger charge is -2.25. The molecule has 2 heterocycles. The summed E-state index contributed by atoms with van der Waals surface area (Å²) < 4.78 is 2.23. The Labute approximate surface area is 114 Å². The quantitative estimate of drug-likeness (QED) is 0.909. The topological polar surface area (TPSA) is 20.2 Å². The van der Waals surface area contributed by atoms with E-state index < -0.39 is 0 Å². The van der Waals surface area contributed by atoms with Gasteiger partial charge >= 0.3 is 0 Å². The van der Waals surface area contributed by atoms with E-state index in [2.05, 4.69) is 58.4 Å². The van der Waals surface area contributed by atoms with Crippen molar-refractivity contribution in [2.24, 2.45) is 7.05 Å². The predicted octanol–water partition coefficient (Wildman–Crippen LogP) is 2.44. The van der Waals surface area contributed by atoms with E-state index in [1.165, 1.54) is 22.0 Å². The number of aryl methyl sites for hydroxylation is 1. The summed E-state index contributed by atoms with van der Waals surface area (Å²) in [5, 5.41) is 4.59. The molecule has 3 rings (SSSR count). The molecule has 0 saturated heterocycles. The molecule has 1 aliphatic rings. The molecule has 0 amide bonds. The van der Waals surface area contributed by atoms with Crippen LogP contribution in [0, 0.1) is 0 Å². The summed E-state index contributed by atoms with van der Waals surface area (Å²) in [4.78, 5) is 2.43. The summed E-state index contributed by atoms with van der Waals surface area (Å²) in [5.74, 6) is 0. The summed E-state index contributed by atoms with van der Waals surface area (Å²) in [5.41, 5.74) is 4.21. The van der Waals surface area contributed by atoms with Gasteiger partial charge in [-0.15, -0.1) is 0 Å². The minimum Gasteiger partial charge on any atom is -0.350 e. The molecule has 0 atom stereocenters. The van der Waals surface area contributed by atoms with E-state index in [0.29, 0.717) is 0 Å². The van der Waals surface area contributed by atoms with Gasteiger partial charge in [-0.2, -0.15) is 0 Å². The molecule has 3 nitrogen and oxygen atoms in total. The standard InChI is InChI=1S/C16H21N3/c1-17-12-19-9-7-13(8-10-19)15-11-18(2)16-6-4-3-5-14(15)16/h3-7,11,17H,8-10,12H2,1-2H3. The fourth-order valence-corrected chi connectivity index (χ4v) is 2.92. The number of fused-ring (bicyclic) bond motifs is 1. The maximum atomic E-state index is 3.22. The Morgan fingerprint density at radius 1 is 1.26 bits per heavy atom. The lowest BCUT2D eigenvalue weighted by atomic mass is 9.99. The zero-order valence-corrected chi connectivity index (χ0v) is 11.7. The molecular weight excluding hydrogens is 234 g/mol. The number of aromatic nitrogens is 1. The molecule has 1 aromatic heterocycles. The molecule has 0 radical (unpaired) electrons. The number of rotatable bonds is 3. The number of benzene rings is 1. The van der Waals surface area contributed by atoms with Crippen LogP contribution in [-0.4, -0.2) is 36.3 Å². The van der Waals surface area contributed by atoms with Crippen LogP contribution in [-0.2, 0) is 7.05 Å². The first-order valence-electron chi connectivity index (χ1n) is 6.90. The van der Waals surface area contributed by atoms with Gasteiger partial charge in [0.15, 0.2) is 0 Å². The second-order valence-corrected chi connectivity index (χ2v) is 5.24. The van der Waals surface area contributed by atoms with Crippen LogP contribution in [0.25, 0.3) is 16.5 Å². The van der Waals surface area contributed by atoms with Gasteiger partial charge in [0.2, 0.25) is 0 Å². The number of hydrogen-bond donors (Lipinski definition) is 1. The molecule has 100 valence electrons. The summed E-state index contributed by atoms with van der Waals surface area (Å²) in [7, 11) is 4.13. The van der Waals surface area contributed by atoms with E-state index in [1.54, 1.807) is 0 Å². The fourth-order valence-electron chi connectivity index (χ4n) is 2.92. The minimum absolute atomic E-state index is 0.972. The van der Waals surface area contributed by atoms with Crippen molar-refractivity contribution >= 4 is 16.5 Å². The number of para-hydroxylation sites is 1. The van der Waals surface area contributed by atoms with Crippen molar-refractivity contribution in [1.29, 1.82) is 0 Å². The molecule has 1 aliphatic heterocycles. The molecule has 1 N–H and O–H groups in total. The van der Waals surface area contributed by atoms with E-state index in [1.807, 2.05) is 7.05 Å². The van der Waals surface area contributed by atoms with Gasteiger partial charge in [0.25, 0.3) is 0 Å². The van der Waals surface area contributed by atoms with E-state index >= 15 is 0 Å². The molecule has 3 heteroatoms. The van der Waals surface area contributed by atoms with Gasteiger partial charge in [0.1, 0.15) is 0 Å². The van der Waals surface area contributed by atoms with Crippen molar-refractivity contribution in [3.63, 3.8) is 0 Å². The highest BCUT2D eigenvalue weighted by molar-refractivity contribution is 5.93. The second-order valence-electron chi connectivity index (χ2n) is 5.24. The molecule has 1 aromatic carbocycles. The summed E-state index contributed by atoms with van der Waals surface area (Å²) in [6.07, 6.45) is 5.78. The molecule has 0 saturated carbocycles. The van der Waals surface area contributed by atoms with Crippen molar-refractivity contribution in [2.75, 3.05) is 26.8 Å². The van der Waals surface area contributed by atoms with Gasteiger partial charge in [0, 0.05) is 49.5 Å². The van der Waals surface area contributed by atoms with Crippen molar-refractivity contribution in [3.05, 3.63) is 42.1 Å². The molecule has 0 spiro atoms. The average Bonchev–Trinajstić information content (AvgIpc) is 2.78. The first kappa shape index (κ1) is 12.5. The Morgan fingerprint density at radius 2 is 2.11 bits per heavy atom. The van der Waals surface area contributed by atoms with E-state index in [-0.39, 0.29) is 0 Å². The predicted molar refractivity (Wildman–Crippen MR) is 81.0 cm³/mol. The number of hydrogen-bond acceptors (Lipinski definition) is 2.